The predicted molar refractivity (Wildman–Crippen MR) is 156 cm³/mol. The van der Waals surface area contributed by atoms with Crippen molar-refractivity contribution in [2.24, 2.45) is 23.5 Å². The van der Waals surface area contributed by atoms with Crippen molar-refractivity contribution in [3.05, 3.63) is 23.8 Å². The lowest BCUT2D eigenvalue weighted by Gasteiger charge is -2.23. The van der Waals surface area contributed by atoms with Crippen LogP contribution < -0.4 is 15.2 Å². The number of ether oxygens (including phenoxy) is 6. The van der Waals surface area contributed by atoms with Gasteiger partial charge in [-0.15, -0.1) is 0 Å². The molecule has 0 aromatic heterocycles. The molecule has 0 saturated carbocycles. The van der Waals surface area contributed by atoms with Crippen LogP contribution in [0.4, 0.5) is 9.59 Å². The Labute approximate surface area is 249 Å². The van der Waals surface area contributed by atoms with Gasteiger partial charge in [0.1, 0.15) is 18.2 Å². The van der Waals surface area contributed by atoms with E-state index in [0.29, 0.717) is 36.7 Å². The highest BCUT2D eigenvalue weighted by Crippen LogP contribution is 2.30. The summed E-state index contributed by atoms with van der Waals surface area (Å²) in [6.45, 7) is 15.4. The first-order chi connectivity index (χ1) is 19.7. The first-order valence-corrected chi connectivity index (χ1v) is 14.7. The minimum absolute atomic E-state index is 0.0190. The highest BCUT2D eigenvalue weighted by molar-refractivity contribution is 5.76. The van der Waals surface area contributed by atoms with E-state index in [2.05, 4.69) is 0 Å². The molecule has 1 aromatic carbocycles. The van der Waals surface area contributed by atoms with E-state index in [4.69, 9.17) is 34.2 Å². The fourth-order valence-corrected chi connectivity index (χ4v) is 3.49. The molecule has 0 aliphatic carbocycles. The van der Waals surface area contributed by atoms with Gasteiger partial charge in [0.2, 0.25) is 0 Å². The lowest BCUT2D eigenvalue weighted by Crippen LogP contribution is -2.40. The molecule has 0 spiro atoms. The van der Waals surface area contributed by atoms with E-state index >= 15 is 0 Å². The third kappa shape index (κ3) is 14.5. The molecule has 1 unspecified atom stereocenters. The standard InChI is InChI=1S/C31H49NO10/c1-9-10-21(6)28(33)39-22(7)23(8)40-29(34)25(32)17-24-11-12-26(41-30(35)37-15-13-19(2)3)27(18-24)42-31(36)38-16-14-20(4)5/h11-12,18-23,25H,9-10,13-17,32H2,1-8H3/t21?,22-,23-,25-/m0/s1. The van der Waals surface area contributed by atoms with Crippen molar-refractivity contribution >= 4 is 24.2 Å². The Kier molecular flexibility index (Phi) is 16.6. The second kappa shape index (κ2) is 19.0. The second-order valence-electron chi connectivity index (χ2n) is 11.3. The van der Waals surface area contributed by atoms with E-state index in [1.165, 1.54) is 12.1 Å². The molecule has 0 aliphatic rings. The summed E-state index contributed by atoms with van der Waals surface area (Å²) in [5, 5.41) is 0. The first kappa shape index (κ1) is 36.7. The fraction of sp³-hybridized carbons (Fsp3) is 0.677. The van der Waals surface area contributed by atoms with Crippen LogP contribution in [0.1, 0.15) is 86.6 Å². The number of hydrogen-bond donors (Lipinski definition) is 1. The van der Waals surface area contributed by atoms with Gasteiger partial charge in [0.25, 0.3) is 0 Å². The SMILES string of the molecule is CCCC(C)C(=O)O[C@@H](C)[C@H](C)OC(=O)[C@@H](N)Cc1ccc(OC(=O)OCCC(C)C)c(OC(=O)OCCC(C)C)c1. The van der Waals surface area contributed by atoms with Crippen molar-refractivity contribution in [1.82, 2.24) is 0 Å². The van der Waals surface area contributed by atoms with Crippen molar-refractivity contribution in [3.63, 3.8) is 0 Å². The number of esters is 2. The summed E-state index contributed by atoms with van der Waals surface area (Å²) in [4.78, 5) is 49.4. The summed E-state index contributed by atoms with van der Waals surface area (Å²) < 4.78 is 31.7. The first-order valence-electron chi connectivity index (χ1n) is 14.7. The molecular weight excluding hydrogens is 546 g/mol. The Morgan fingerprint density at radius 3 is 1.71 bits per heavy atom. The van der Waals surface area contributed by atoms with Gasteiger partial charge in [-0.05, 0) is 69.1 Å². The van der Waals surface area contributed by atoms with E-state index in [9.17, 15) is 19.2 Å². The van der Waals surface area contributed by atoms with Gasteiger partial charge in [0.05, 0.1) is 19.1 Å². The van der Waals surface area contributed by atoms with E-state index in [0.717, 1.165) is 6.42 Å². The molecule has 1 rings (SSSR count). The smallest absolute Gasteiger partial charge is 0.459 e. The third-order valence-corrected chi connectivity index (χ3v) is 6.37. The maximum absolute atomic E-state index is 12.7. The van der Waals surface area contributed by atoms with Crippen LogP contribution in [0.2, 0.25) is 0 Å². The Hall–Kier alpha value is -3.34. The fourth-order valence-electron chi connectivity index (χ4n) is 3.49. The molecule has 1 aromatic rings. The lowest BCUT2D eigenvalue weighted by atomic mass is 10.1. The van der Waals surface area contributed by atoms with Crippen molar-refractivity contribution in [1.29, 1.82) is 0 Å². The summed E-state index contributed by atoms with van der Waals surface area (Å²) in [5.74, 6) is -0.798. The Balaban J connectivity index is 2.91. The largest absolute Gasteiger partial charge is 0.513 e. The Morgan fingerprint density at radius 2 is 1.21 bits per heavy atom. The summed E-state index contributed by atoms with van der Waals surface area (Å²) in [5.41, 5.74) is 6.62. The number of nitrogens with two attached hydrogens (primary N) is 1. The van der Waals surface area contributed by atoms with Gasteiger partial charge >= 0.3 is 24.2 Å². The van der Waals surface area contributed by atoms with Gasteiger partial charge in [-0.3, -0.25) is 9.59 Å². The molecule has 0 saturated heterocycles. The van der Waals surface area contributed by atoms with Crippen LogP contribution in [0, 0.1) is 17.8 Å². The summed E-state index contributed by atoms with van der Waals surface area (Å²) in [6.07, 6.45) is -0.428. The highest BCUT2D eigenvalue weighted by Gasteiger charge is 2.26. The number of hydrogen-bond acceptors (Lipinski definition) is 11. The maximum atomic E-state index is 12.7. The average Bonchev–Trinajstić information content (AvgIpc) is 2.89. The topological polar surface area (TPSA) is 150 Å². The van der Waals surface area contributed by atoms with E-state index in [1.54, 1.807) is 26.8 Å². The molecular formula is C31H49NO10. The molecule has 0 amide bonds. The number of carbonyl (C=O) groups excluding carboxylic acids is 4. The van der Waals surface area contributed by atoms with Crippen LogP contribution in [0.3, 0.4) is 0 Å². The van der Waals surface area contributed by atoms with Crippen LogP contribution in [-0.4, -0.2) is 55.7 Å². The number of carbonyl (C=O) groups is 4. The molecule has 2 N–H and O–H groups in total. The van der Waals surface area contributed by atoms with Gasteiger partial charge < -0.3 is 34.2 Å². The molecule has 238 valence electrons. The second-order valence-corrected chi connectivity index (χ2v) is 11.3. The number of rotatable bonds is 17. The summed E-state index contributed by atoms with van der Waals surface area (Å²) in [6, 6.07) is 3.34. The molecule has 42 heavy (non-hydrogen) atoms. The average molecular weight is 596 g/mol. The van der Waals surface area contributed by atoms with Gasteiger partial charge in [-0.1, -0.05) is 54.0 Å². The molecule has 0 bridgehead atoms. The van der Waals surface area contributed by atoms with Crippen molar-refractivity contribution in [2.75, 3.05) is 13.2 Å². The van der Waals surface area contributed by atoms with Gasteiger partial charge in [0.15, 0.2) is 11.5 Å². The normalized spacial score (nSPS) is 14.0. The molecule has 0 aliphatic heterocycles. The molecule has 11 heteroatoms. The van der Waals surface area contributed by atoms with E-state index in [-0.39, 0.29) is 43.0 Å². The molecule has 11 nitrogen and oxygen atoms in total. The maximum Gasteiger partial charge on any atom is 0.513 e. The summed E-state index contributed by atoms with van der Waals surface area (Å²) >= 11 is 0. The van der Waals surface area contributed by atoms with Crippen LogP contribution >= 0.6 is 0 Å². The van der Waals surface area contributed by atoms with Gasteiger partial charge in [-0.25, -0.2) is 9.59 Å². The molecule has 0 heterocycles. The number of benzene rings is 1. The summed E-state index contributed by atoms with van der Waals surface area (Å²) in [7, 11) is 0. The quantitative estimate of drug-likeness (QED) is 0.129. The molecule has 4 atom stereocenters. The van der Waals surface area contributed by atoms with Crippen LogP contribution in [0.25, 0.3) is 0 Å². The highest BCUT2D eigenvalue weighted by atomic mass is 16.7. The van der Waals surface area contributed by atoms with Crippen molar-refractivity contribution < 1.29 is 47.6 Å². The molecule has 0 radical (unpaired) electrons. The predicted octanol–water partition coefficient (Wildman–Crippen LogP) is 5.98. The van der Waals surface area contributed by atoms with E-state index in [1.807, 2.05) is 34.6 Å². The lowest BCUT2D eigenvalue weighted by molar-refractivity contribution is -0.168. The van der Waals surface area contributed by atoms with Crippen molar-refractivity contribution in [2.45, 2.75) is 106 Å². The minimum atomic E-state index is -1.08. The zero-order valence-electron chi connectivity index (χ0n) is 26.3. The van der Waals surface area contributed by atoms with Crippen LogP contribution in [0.5, 0.6) is 11.5 Å². The zero-order chi connectivity index (χ0) is 31.8. The van der Waals surface area contributed by atoms with E-state index < -0.39 is 36.5 Å². The van der Waals surface area contributed by atoms with Gasteiger partial charge in [0, 0.05) is 0 Å². The molecule has 0 fully saturated rings. The van der Waals surface area contributed by atoms with Crippen LogP contribution in [0.15, 0.2) is 18.2 Å². The minimum Gasteiger partial charge on any atom is -0.459 e. The monoisotopic (exact) mass is 595 g/mol. The van der Waals surface area contributed by atoms with Gasteiger partial charge in [-0.2, -0.15) is 0 Å². The Bertz CT molecular complexity index is 1010. The van der Waals surface area contributed by atoms with Crippen molar-refractivity contribution in [3.8, 4) is 11.5 Å². The third-order valence-electron chi connectivity index (χ3n) is 6.37. The zero-order valence-corrected chi connectivity index (χ0v) is 26.3. The Morgan fingerprint density at radius 1 is 0.714 bits per heavy atom. The van der Waals surface area contributed by atoms with Crippen LogP contribution in [-0.2, 0) is 35.0 Å².